The van der Waals surface area contributed by atoms with Crippen molar-refractivity contribution in [2.45, 2.75) is 24.7 Å². The van der Waals surface area contributed by atoms with Crippen molar-refractivity contribution in [2.24, 2.45) is 5.73 Å². The van der Waals surface area contributed by atoms with E-state index in [0.717, 1.165) is 18.6 Å². The molecule has 156 valence electrons. The molecule has 0 bridgehead atoms. The summed E-state index contributed by atoms with van der Waals surface area (Å²) in [6.45, 7) is 5.14. The molecule has 0 saturated carbocycles. The number of alkyl halides is 3. The Labute approximate surface area is 171 Å². The molecule has 0 aliphatic carbocycles. The first-order chi connectivity index (χ1) is 14.3. The molecule has 1 aromatic carbocycles. The van der Waals surface area contributed by atoms with Crippen LogP contribution in [0.1, 0.15) is 23.1 Å². The number of nitrogens with two attached hydrogens (primary N) is 1. The zero-order valence-corrected chi connectivity index (χ0v) is 16.0. The van der Waals surface area contributed by atoms with E-state index in [1.54, 1.807) is 18.6 Å². The molecular formula is C21H20F3N5O. The Kier molecular flexibility index (Phi) is 5.40. The van der Waals surface area contributed by atoms with Crippen LogP contribution in [-0.4, -0.2) is 40.2 Å². The van der Waals surface area contributed by atoms with E-state index in [1.165, 1.54) is 12.1 Å². The highest BCUT2D eigenvalue weighted by Crippen LogP contribution is 2.32. The highest BCUT2D eigenvalue weighted by molar-refractivity contribution is 5.94. The first-order valence-corrected chi connectivity index (χ1v) is 9.40. The minimum absolute atomic E-state index is 0.0722. The number of hydrogen-bond acceptors (Lipinski definition) is 6. The maximum absolute atomic E-state index is 12.8. The van der Waals surface area contributed by atoms with Gasteiger partial charge in [0.15, 0.2) is 0 Å². The Balaban J connectivity index is 1.65. The Morgan fingerprint density at radius 2 is 1.93 bits per heavy atom. The molecule has 3 N–H and O–H groups in total. The lowest BCUT2D eigenvalue weighted by Crippen LogP contribution is -2.47. The molecule has 30 heavy (non-hydrogen) atoms. The topological polar surface area (TPSA) is 86.0 Å². The summed E-state index contributed by atoms with van der Waals surface area (Å²) in [5, 5.41) is 3.90. The lowest BCUT2D eigenvalue weighted by molar-refractivity contribution is -0.137. The van der Waals surface area contributed by atoms with Crippen LogP contribution in [0.5, 0.6) is 0 Å². The van der Waals surface area contributed by atoms with Crippen molar-refractivity contribution in [1.29, 1.82) is 0 Å². The van der Waals surface area contributed by atoms with Gasteiger partial charge >= 0.3 is 6.18 Å². The monoisotopic (exact) mass is 415 g/mol. The Hall–Kier alpha value is -3.04. The molecule has 1 fully saturated rings. The quantitative estimate of drug-likeness (QED) is 0.677. The van der Waals surface area contributed by atoms with E-state index in [0.29, 0.717) is 46.8 Å². The molecule has 1 aliphatic heterocycles. The molecule has 2 atom stereocenters. The van der Waals surface area contributed by atoms with E-state index in [1.807, 2.05) is 0 Å². The molecule has 0 radical (unpaired) electrons. The average molecular weight is 415 g/mol. The fraction of sp³-hybridized carbons (Fsp3) is 0.286. The Bertz CT molecular complexity index is 1070. The van der Waals surface area contributed by atoms with Gasteiger partial charge in [0.05, 0.1) is 23.7 Å². The molecule has 6 nitrogen and oxygen atoms in total. The van der Waals surface area contributed by atoms with E-state index in [9.17, 15) is 13.2 Å². The molecule has 3 aromatic rings. The summed E-state index contributed by atoms with van der Waals surface area (Å²) in [5.74, 6) is 0.390. The smallest absolute Gasteiger partial charge is 0.379 e. The summed E-state index contributed by atoms with van der Waals surface area (Å²) in [7, 11) is 0. The third-order valence-corrected chi connectivity index (χ3v) is 5.10. The lowest BCUT2D eigenvalue weighted by Gasteiger charge is -2.29. The Morgan fingerprint density at radius 3 is 2.63 bits per heavy atom. The van der Waals surface area contributed by atoms with Crippen molar-refractivity contribution < 1.29 is 17.9 Å². The fourth-order valence-electron chi connectivity index (χ4n) is 3.33. The van der Waals surface area contributed by atoms with Crippen molar-refractivity contribution in [1.82, 2.24) is 15.0 Å². The van der Waals surface area contributed by atoms with Gasteiger partial charge in [0.1, 0.15) is 0 Å². The van der Waals surface area contributed by atoms with Gasteiger partial charge in [0.2, 0.25) is 5.95 Å². The number of pyridine rings is 1. The summed E-state index contributed by atoms with van der Waals surface area (Å²) in [6.07, 6.45) is 1.20. The van der Waals surface area contributed by atoms with Crippen LogP contribution in [0, 0.1) is 0 Å². The van der Waals surface area contributed by atoms with Crippen LogP contribution < -0.4 is 11.1 Å². The molecule has 1 aliphatic rings. The zero-order valence-electron chi connectivity index (χ0n) is 16.0. The summed E-state index contributed by atoms with van der Waals surface area (Å²) in [5.41, 5.74) is 7.70. The van der Waals surface area contributed by atoms with E-state index in [-0.39, 0.29) is 12.1 Å². The molecule has 2 unspecified atom stereocenters. The third kappa shape index (κ3) is 4.12. The van der Waals surface area contributed by atoms with Crippen LogP contribution in [0.3, 0.4) is 0 Å². The molecular weight excluding hydrogens is 395 g/mol. The number of aromatic nitrogens is 3. The van der Waals surface area contributed by atoms with E-state index in [2.05, 4.69) is 26.8 Å². The van der Waals surface area contributed by atoms with Gasteiger partial charge in [-0.05, 0) is 29.7 Å². The van der Waals surface area contributed by atoms with Gasteiger partial charge in [-0.2, -0.15) is 13.2 Å². The minimum Gasteiger partial charge on any atom is -0.379 e. The number of halogens is 3. The normalized spacial score (nSPS) is 19.6. The number of hydrogen-bond donors (Lipinski definition) is 2. The van der Waals surface area contributed by atoms with Crippen LogP contribution in [0.2, 0.25) is 0 Å². The number of fused-ring (bicyclic) bond motifs is 1. The van der Waals surface area contributed by atoms with Crippen LogP contribution in [0.4, 0.5) is 19.1 Å². The van der Waals surface area contributed by atoms with Crippen molar-refractivity contribution in [2.75, 3.05) is 18.5 Å². The van der Waals surface area contributed by atoms with Crippen molar-refractivity contribution in [3.05, 3.63) is 66.1 Å². The molecule has 1 saturated heterocycles. The van der Waals surface area contributed by atoms with E-state index >= 15 is 0 Å². The molecule has 2 aromatic heterocycles. The second kappa shape index (κ2) is 8.00. The predicted molar refractivity (Wildman–Crippen MR) is 108 cm³/mol. The maximum Gasteiger partial charge on any atom is 0.416 e. The van der Waals surface area contributed by atoms with Crippen molar-refractivity contribution in [3.63, 3.8) is 0 Å². The van der Waals surface area contributed by atoms with Gasteiger partial charge in [-0.3, -0.25) is 4.98 Å². The van der Waals surface area contributed by atoms with Crippen LogP contribution in [0.25, 0.3) is 16.5 Å². The molecule has 0 amide bonds. The van der Waals surface area contributed by atoms with Crippen molar-refractivity contribution >= 4 is 22.4 Å². The summed E-state index contributed by atoms with van der Waals surface area (Å²) >= 11 is 0. The molecule has 0 spiro atoms. The highest BCUT2D eigenvalue weighted by atomic mass is 19.4. The fourth-order valence-corrected chi connectivity index (χ4v) is 3.33. The van der Waals surface area contributed by atoms with E-state index in [4.69, 9.17) is 10.5 Å². The first-order valence-electron chi connectivity index (χ1n) is 9.40. The van der Waals surface area contributed by atoms with Gasteiger partial charge in [-0.25, -0.2) is 9.97 Å². The van der Waals surface area contributed by atoms with Crippen LogP contribution in [-0.2, 0) is 10.9 Å². The molecule has 9 heteroatoms. The van der Waals surface area contributed by atoms with Gasteiger partial charge in [-0.15, -0.1) is 0 Å². The first kappa shape index (κ1) is 20.2. The number of nitrogens with zero attached hydrogens (tertiary/aromatic N) is 3. The average Bonchev–Trinajstić information content (AvgIpc) is 2.74. The Morgan fingerprint density at radius 1 is 1.17 bits per heavy atom. The lowest BCUT2D eigenvalue weighted by atomic mass is 9.98. The maximum atomic E-state index is 12.8. The van der Waals surface area contributed by atoms with Crippen molar-refractivity contribution in [3.8, 4) is 0 Å². The second-order valence-electron chi connectivity index (χ2n) is 7.15. The second-order valence-corrected chi connectivity index (χ2v) is 7.15. The van der Waals surface area contributed by atoms with Gasteiger partial charge in [0, 0.05) is 42.2 Å². The predicted octanol–water partition coefficient (Wildman–Crippen LogP) is 3.63. The SMILES string of the molecule is C=C(c1ccc(C(F)(F)F)cc1)c1cncc2cnc(NC3COCCC3N)nc12. The van der Waals surface area contributed by atoms with Crippen LogP contribution in [0.15, 0.2) is 49.4 Å². The number of ether oxygens (including phenoxy) is 1. The highest BCUT2D eigenvalue weighted by Gasteiger charge is 2.30. The van der Waals surface area contributed by atoms with E-state index < -0.39 is 11.7 Å². The zero-order chi connectivity index (χ0) is 21.3. The summed E-state index contributed by atoms with van der Waals surface area (Å²) < 4.78 is 44.0. The molecule has 4 rings (SSSR count). The minimum atomic E-state index is -4.39. The van der Waals surface area contributed by atoms with Gasteiger partial charge < -0.3 is 15.8 Å². The summed E-state index contributed by atoms with van der Waals surface area (Å²) in [6, 6.07) is 4.67. The number of rotatable bonds is 4. The van der Waals surface area contributed by atoms with Crippen LogP contribution >= 0.6 is 0 Å². The summed E-state index contributed by atoms with van der Waals surface area (Å²) in [4.78, 5) is 13.1. The number of anilines is 1. The number of benzene rings is 1. The van der Waals surface area contributed by atoms with Gasteiger partial charge in [-0.1, -0.05) is 18.7 Å². The third-order valence-electron chi connectivity index (χ3n) is 5.10. The molecule has 3 heterocycles. The largest absolute Gasteiger partial charge is 0.416 e. The van der Waals surface area contributed by atoms with Gasteiger partial charge in [0.25, 0.3) is 0 Å². The number of nitrogens with one attached hydrogen (secondary N) is 1. The standard InChI is InChI=1S/C21H20F3N5O/c1-12(13-2-4-15(5-3-13)21(22,23)24)16-10-26-8-14-9-27-20(29-19(14)16)28-18-11-30-7-6-17(18)25/h2-5,8-10,17-18H,1,6-7,11,25H2,(H,27,28,29).